The lowest BCUT2D eigenvalue weighted by molar-refractivity contribution is 0.229. The van der Waals surface area contributed by atoms with Crippen LogP contribution in [0, 0.1) is 5.41 Å². The highest BCUT2D eigenvalue weighted by Gasteiger charge is 2.16. The first kappa shape index (κ1) is 12.9. The Balaban J connectivity index is 3.70. The van der Waals surface area contributed by atoms with Crippen molar-refractivity contribution in [2.24, 2.45) is 11.1 Å². The number of hydrogen-bond acceptors (Lipinski definition) is 2. The van der Waals surface area contributed by atoms with Crippen molar-refractivity contribution < 1.29 is 0 Å². The van der Waals surface area contributed by atoms with Gasteiger partial charge in [-0.3, -0.25) is 0 Å². The van der Waals surface area contributed by atoms with Gasteiger partial charge in [0.2, 0.25) is 0 Å². The Morgan fingerprint density at radius 1 is 1.15 bits per heavy atom. The molecule has 0 amide bonds. The molecular weight excluding hydrogens is 160 g/mol. The molecule has 0 spiro atoms. The third-order valence-electron chi connectivity index (χ3n) is 2.64. The van der Waals surface area contributed by atoms with Crippen molar-refractivity contribution in [2.75, 3.05) is 26.2 Å². The van der Waals surface area contributed by atoms with Gasteiger partial charge in [-0.05, 0) is 44.4 Å². The Morgan fingerprint density at radius 3 is 2.15 bits per heavy atom. The second kappa shape index (κ2) is 6.39. The third-order valence-corrected chi connectivity index (χ3v) is 2.64. The molecule has 2 N–H and O–H groups in total. The second-order valence-electron chi connectivity index (χ2n) is 4.55. The van der Waals surface area contributed by atoms with Crippen molar-refractivity contribution in [2.45, 2.75) is 40.5 Å². The van der Waals surface area contributed by atoms with Gasteiger partial charge in [0.15, 0.2) is 0 Å². The van der Waals surface area contributed by atoms with Crippen LogP contribution in [0.25, 0.3) is 0 Å². The summed E-state index contributed by atoms with van der Waals surface area (Å²) < 4.78 is 0. The van der Waals surface area contributed by atoms with Crippen LogP contribution in [0.5, 0.6) is 0 Å². The Labute approximate surface area is 83.5 Å². The molecule has 0 aromatic heterocycles. The van der Waals surface area contributed by atoms with Gasteiger partial charge in [-0.25, -0.2) is 0 Å². The van der Waals surface area contributed by atoms with Gasteiger partial charge in [0.1, 0.15) is 0 Å². The van der Waals surface area contributed by atoms with E-state index in [1.807, 2.05) is 0 Å². The van der Waals surface area contributed by atoms with Crippen molar-refractivity contribution in [3.8, 4) is 0 Å². The minimum Gasteiger partial charge on any atom is -0.330 e. The van der Waals surface area contributed by atoms with Crippen LogP contribution in [0.2, 0.25) is 0 Å². The standard InChI is InChI=1S/C11H26N2/c1-5-8-13(6-2)9-7-11(3,4)10-12/h5-10,12H2,1-4H3. The molecule has 0 aliphatic rings. The highest BCUT2D eigenvalue weighted by molar-refractivity contribution is 4.71. The quantitative estimate of drug-likeness (QED) is 0.659. The van der Waals surface area contributed by atoms with E-state index in [9.17, 15) is 0 Å². The summed E-state index contributed by atoms with van der Waals surface area (Å²) in [6.45, 7) is 13.3. The third kappa shape index (κ3) is 6.05. The molecule has 0 aromatic rings. The zero-order valence-corrected chi connectivity index (χ0v) is 9.77. The summed E-state index contributed by atoms with van der Waals surface area (Å²) in [6.07, 6.45) is 2.45. The molecule has 0 aromatic carbocycles. The molecule has 0 atom stereocenters. The minimum absolute atomic E-state index is 0.307. The molecule has 13 heavy (non-hydrogen) atoms. The van der Waals surface area contributed by atoms with Crippen LogP contribution in [0.3, 0.4) is 0 Å². The van der Waals surface area contributed by atoms with E-state index in [0.717, 1.165) is 13.1 Å². The van der Waals surface area contributed by atoms with E-state index >= 15 is 0 Å². The lowest BCUT2D eigenvalue weighted by Gasteiger charge is -2.27. The summed E-state index contributed by atoms with van der Waals surface area (Å²) in [5.41, 5.74) is 6.00. The van der Waals surface area contributed by atoms with Gasteiger partial charge >= 0.3 is 0 Å². The summed E-state index contributed by atoms with van der Waals surface area (Å²) in [4.78, 5) is 2.50. The molecule has 80 valence electrons. The Hall–Kier alpha value is -0.0800. The van der Waals surface area contributed by atoms with E-state index in [0.29, 0.717) is 5.41 Å². The molecule has 0 rings (SSSR count). The zero-order valence-electron chi connectivity index (χ0n) is 9.77. The smallest absolute Gasteiger partial charge is 0.00133 e. The Morgan fingerprint density at radius 2 is 1.77 bits per heavy atom. The van der Waals surface area contributed by atoms with E-state index in [4.69, 9.17) is 5.73 Å². The molecule has 0 saturated heterocycles. The molecule has 2 heteroatoms. The summed E-state index contributed by atoms with van der Waals surface area (Å²) >= 11 is 0. The highest BCUT2D eigenvalue weighted by atomic mass is 15.1. The van der Waals surface area contributed by atoms with E-state index < -0.39 is 0 Å². The maximum atomic E-state index is 5.69. The summed E-state index contributed by atoms with van der Waals surface area (Å²) in [5, 5.41) is 0. The first-order valence-electron chi connectivity index (χ1n) is 5.48. The van der Waals surface area contributed by atoms with Crippen LogP contribution >= 0.6 is 0 Å². The number of nitrogens with two attached hydrogens (primary N) is 1. The molecule has 0 bridgehead atoms. The van der Waals surface area contributed by atoms with Gasteiger partial charge in [0.25, 0.3) is 0 Å². The molecular formula is C11H26N2. The molecule has 0 heterocycles. The van der Waals surface area contributed by atoms with Crippen molar-refractivity contribution >= 4 is 0 Å². The fourth-order valence-electron chi connectivity index (χ4n) is 1.31. The largest absolute Gasteiger partial charge is 0.330 e. The average molecular weight is 186 g/mol. The van der Waals surface area contributed by atoms with Crippen LogP contribution in [-0.4, -0.2) is 31.1 Å². The summed E-state index contributed by atoms with van der Waals surface area (Å²) in [5.74, 6) is 0. The van der Waals surface area contributed by atoms with Crippen molar-refractivity contribution in [1.29, 1.82) is 0 Å². The second-order valence-corrected chi connectivity index (χ2v) is 4.55. The van der Waals surface area contributed by atoms with E-state index in [-0.39, 0.29) is 0 Å². The SMILES string of the molecule is CCCN(CC)CCC(C)(C)CN. The first-order valence-corrected chi connectivity index (χ1v) is 5.48. The molecule has 0 aliphatic carbocycles. The zero-order chi connectivity index (χ0) is 10.3. The molecule has 0 saturated carbocycles. The highest BCUT2D eigenvalue weighted by Crippen LogP contribution is 2.18. The van der Waals surface area contributed by atoms with Crippen LogP contribution < -0.4 is 5.73 Å². The van der Waals surface area contributed by atoms with Crippen LogP contribution in [0.15, 0.2) is 0 Å². The van der Waals surface area contributed by atoms with E-state index in [2.05, 4.69) is 32.6 Å². The van der Waals surface area contributed by atoms with Crippen molar-refractivity contribution in [3.63, 3.8) is 0 Å². The topological polar surface area (TPSA) is 29.3 Å². The maximum Gasteiger partial charge on any atom is -0.00133 e. The summed E-state index contributed by atoms with van der Waals surface area (Å²) in [7, 11) is 0. The number of hydrogen-bond donors (Lipinski definition) is 1. The fourth-order valence-corrected chi connectivity index (χ4v) is 1.31. The van der Waals surface area contributed by atoms with Gasteiger partial charge in [0.05, 0.1) is 0 Å². The number of nitrogens with zero attached hydrogens (tertiary/aromatic N) is 1. The lowest BCUT2D eigenvalue weighted by Crippen LogP contribution is -2.32. The van der Waals surface area contributed by atoms with Gasteiger partial charge in [0, 0.05) is 0 Å². The molecule has 0 aliphatic heterocycles. The van der Waals surface area contributed by atoms with E-state index in [1.165, 1.54) is 25.9 Å². The van der Waals surface area contributed by atoms with Crippen molar-refractivity contribution in [1.82, 2.24) is 4.90 Å². The number of rotatable bonds is 7. The van der Waals surface area contributed by atoms with Gasteiger partial charge in [-0.1, -0.05) is 27.7 Å². The molecule has 0 radical (unpaired) electrons. The predicted molar refractivity (Wildman–Crippen MR) is 59.9 cm³/mol. The normalized spacial score (nSPS) is 12.5. The monoisotopic (exact) mass is 186 g/mol. The van der Waals surface area contributed by atoms with Gasteiger partial charge < -0.3 is 10.6 Å². The fraction of sp³-hybridized carbons (Fsp3) is 1.00. The minimum atomic E-state index is 0.307. The van der Waals surface area contributed by atoms with Gasteiger partial charge in [-0.15, -0.1) is 0 Å². The molecule has 0 unspecified atom stereocenters. The van der Waals surface area contributed by atoms with Crippen LogP contribution in [0.4, 0.5) is 0 Å². The maximum absolute atomic E-state index is 5.69. The van der Waals surface area contributed by atoms with E-state index in [1.54, 1.807) is 0 Å². The Bertz CT molecular complexity index is 121. The van der Waals surface area contributed by atoms with Crippen LogP contribution in [0.1, 0.15) is 40.5 Å². The lowest BCUT2D eigenvalue weighted by atomic mass is 9.89. The molecule has 0 fully saturated rings. The average Bonchev–Trinajstić information content (AvgIpc) is 2.12. The van der Waals surface area contributed by atoms with Crippen molar-refractivity contribution in [3.05, 3.63) is 0 Å². The summed E-state index contributed by atoms with van der Waals surface area (Å²) in [6, 6.07) is 0. The Kier molecular flexibility index (Phi) is 6.35. The van der Waals surface area contributed by atoms with Crippen LogP contribution in [-0.2, 0) is 0 Å². The van der Waals surface area contributed by atoms with Gasteiger partial charge in [-0.2, -0.15) is 0 Å². The first-order chi connectivity index (χ1) is 6.05. The predicted octanol–water partition coefficient (Wildman–Crippen LogP) is 2.09. The molecule has 2 nitrogen and oxygen atoms in total.